The van der Waals surface area contributed by atoms with E-state index in [1.54, 1.807) is 0 Å². The summed E-state index contributed by atoms with van der Waals surface area (Å²) in [5.41, 5.74) is 2.53. The van der Waals surface area contributed by atoms with Gasteiger partial charge in [0.1, 0.15) is 0 Å². The number of hydrogen-bond donors (Lipinski definition) is 0. The third-order valence-electron chi connectivity index (χ3n) is 5.50. The molecule has 2 aromatic rings. The minimum atomic E-state index is -0.265. The van der Waals surface area contributed by atoms with Crippen LogP contribution in [0.3, 0.4) is 0 Å². The minimum Gasteiger partial charge on any atom is -0.339 e. The first kappa shape index (κ1) is 15.9. The van der Waals surface area contributed by atoms with Crippen molar-refractivity contribution < 1.29 is 9.59 Å². The summed E-state index contributed by atoms with van der Waals surface area (Å²) in [6.07, 6.45) is 1.51. The van der Waals surface area contributed by atoms with Gasteiger partial charge in [0, 0.05) is 30.9 Å². The average Bonchev–Trinajstić information content (AvgIpc) is 2.66. The Morgan fingerprint density at radius 2 is 1.72 bits per heavy atom. The van der Waals surface area contributed by atoms with Crippen LogP contribution < -0.4 is 4.90 Å². The van der Waals surface area contributed by atoms with Gasteiger partial charge in [-0.1, -0.05) is 35.9 Å². The van der Waals surface area contributed by atoms with Gasteiger partial charge in [-0.25, -0.2) is 0 Å². The molecular weight excluding hydrogens is 312 g/mol. The fourth-order valence-corrected chi connectivity index (χ4v) is 3.92. The Kier molecular flexibility index (Phi) is 3.83. The van der Waals surface area contributed by atoms with Crippen LogP contribution in [0.25, 0.3) is 0 Å². The first-order valence-corrected chi connectivity index (χ1v) is 8.82. The highest BCUT2D eigenvalue weighted by Crippen LogP contribution is 2.44. The molecule has 0 unspecified atom stereocenters. The van der Waals surface area contributed by atoms with Crippen LogP contribution >= 0.6 is 0 Å². The third kappa shape index (κ3) is 2.72. The molecule has 0 N–H and O–H groups in total. The second-order valence-electron chi connectivity index (χ2n) is 7.17. The first-order valence-electron chi connectivity index (χ1n) is 8.82. The van der Waals surface area contributed by atoms with Crippen molar-refractivity contribution in [3.05, 3.63) is 65.7 Å². The normalized spacial score (nSPS) is 19.0. The fraction of sp³-hybridized carbons (Fsp3) is 0.333. The molecule has 2 aromatic carbocycles. The molecule has 2 amide bonds. The first-order chi connectivity index (χ1) is 12.1. The molecule has 2 aliphatic rings. The zero-order valence-corrected chi connectivity index (χ0v) is 14.4. The quantitative estimate of drug-likeness (QED) is 0.791. The molecule has 0 radical (unpaired) electrons. The van der Waals surface area contributed by atoms with E-state index in [9.17, 15) is 9.59 Å². The molecule has 0 aliphatic carbocycles. The van der Waals surface area contributed by atoms with Crippen LogP contribution in [0.4, 0.5) is 5.69 Å². The summed E-state index contributed by atoms with van der Waals surface area (Å²) in [5.74, 6) is 0.284. The number of para-hydroxylation sites is 1. The van der Waals surface area contributed by atoms with Crippen molar-refractivity contribution in [2.75, 3.05) is 24.5 Å². The van der Waals surface area contributed by atoms with Gasteiger partial charge < -0.3 is 9.80 Å². The molecule has 0 bridgehead atoms. The summed E-state index contributed by atoms with van der Waals surface area (Å²) in [7, 11) is 0. The largest absolute Gasteiger partial charge is 0.339 e. The van der Waals surface area contributed by atoms with Crippen molar-refractivity contribution in [3.63, 3.8) is 0 Å². The number of carbonyl (C=O) groups excluding carboxylic acids is 2. The molecule has 4 heteroatoms. The maximum Gasteiger partial charge on any atom is 0.253 e. The standard InChI is InChI=1S/C21H22N2O2/c1-16-6-5-7-17(14-16)19(24)22-12-10-21(11-13-22)15-23(20(21)25)18-8-3-2-4-9-18/h2-9,14H,10-13,15H2,1H3. The number of benzene rings is 2. The van der Waals surface area contributed by atoms with E-state index in [1.807, 2.05) is 71.3 Å². The van der Waals surface area contributed by atoms with Gasteiger partial charge in [0.2, 0.25) is 5.91 Å². The summed E-state index contributed by atoms with van der Waals surface area (Å²) in [4.78, 5) is 29.2. The van der Waals surface area contributed by atoms with Crippen molar-refractivity contribution >= 4 is 17.5 Å². The van der Waals surface area contributed by atoms with E-state index in [4.69, 9.17) is 0 Å². The van der Waals surface area contributed by atoms with Gasteiger partial charge in [0.05, 0.1) is 5.41 Å². The molecule has 1 spiro atoms. The van der Waals surface area contributed by atoms with E-state index in [0.29, 0.717) is 13.1 Å². The number of nitrogens with zero attached hydrogens (tertiary/aromatic N) is 2. The molecule has 4 rings (SSSR count). The molecule has 0 atom stereocenters. The molecule has 2 fully saturated rings. The number of aryl methyl sites for hydroxylation is 1. The summed E-state index contributed by atoms with van der Waals surface area (Å²) >= 11 is 0. The number of carbonyl (C=O) groups is 2. The lowest BCUT2D eigenvalue weighted by molar-refractivity contribution is -0.138. The molecular formula is C21H22N2O2. The summed E-state index contributed by atoms with van der Waals surface area (Å²) in [6.45, 7) is 4.07. The third-order valence-corrected chi connectivity index (χ3v) is 5.50. The van der Waals surface area contributed by atoms with Gasteiger partial charge in [0.25, 0.3) is 5.91 Å². The smallest absolute Gasteiger partial charge is 0.253 e. The Balaban J connectivity index is 1.41. The average molecular weight is 334 g/mol. The number of piperidine rings is 1. The SMILES string of the molecule is Cc1cccc(C(=O)N2CCC3(CC2)CN(c2ccccc2)C3=O)c1. The molecule has 0 aromatic heterocycles. The highest BCUT2D eigenvalue weighted by Gasteiger charge is 2.53. The van der Waals surface area contributed by atoms with Gasteiger partial charge in [-0.05, 0) is 44.0 Å². The summed E-state index contributed by atoms with van der Waals surface area (Å²) in [6, 6.07) is 17.5. The second-order valence-corrected chi connectivity index (χ2v) is 7.17. The van der Waals surface area contributed by atoms with Crippen molar-refractivity contribution in [2.45, 2.75) is 19.8 Å². The monoisotopic (exact) mass is 334 g/mol. The zero-order valence-electron chi connectivity index (χ0n) is 14.4. The number of likely N-dealkylation sites (tertiary alicyclic amines) is 1. The highest BCUT2D eigenvalue weighted by atomic mass is 16.2. The second kappa shape index (κ2) is 6.03. The topological polar surface area (TPSA) is 40.6 Å². The van der Waals surface area contributed by atoms with Crippen molar-refractivity contribution in [2.24, 2.45) is 5.41 Å². The van der Waals surface area contributed by atoms with Crippen LogP contribution in [0.1, 0.15) is 28.8 Å². The molecule has 2 heterocycles. The minimum absolute atomic E-state index is 0.0743. The lowest BCUT2D eigenvalue weighted by atomic mass is 9.70. The van der Waals surface area contributed by atoms with Crippen molar-refractivity contribution in [1.82, 2.24) is 4.90 Å². The van der Waals surface area contributed by atoms with Crippen LogP contribution in [0.2, 0.25) is 0 Å². The Labute approximate surface area is 148 Å². The van der Waals surface area contributed by atoms with Crippen LogP contribution in [0.5, 0.6) is 0 Å². The Morgan fingerprint density at radius 1 is 1.00 bits per heavy atom. The van der Waals surface area contributed by atoms with E-state index >= 15 is 0 Å². The van der Waals surface area contributed by atoms with Crippen LogP contribution in [0, 0.1) is 12.3 Å². The Bertz CT molecular complexity index is 808. The van der Waals surface area contributed by atoms with E-state index < -0.39 is 0 Å². The van der Waals surface area contributed by atoms with Gasteiger partial charge in [-0.15, -0.1) is 0 Å². The van der Waals surface area contributed by atoms with Gasteiger partial charge in [-0.2, -0.15) is 0 Å². The molecule has 4 nitrogen and oxygen atoms in total. The maximum atomic E-state index is 12.8. The predicted octanol–water partition coefficient (Wildman–Crippen LogP) is 3.26. The van der Waals surface area contributed by atoms with Crippen LogP contribution in [-0.2, 0) is 4.79 Å². The molecule has 2 aliphatic heterocycles. The lowest BCUT2D eigenvalue weighted by Crippen LogP contribution is -2.65. The fourth-order valence-electron chi connectivity index (χ4n) is 3.92. The number of amides is 2. The maximum absolute atomic E-state index is 12.8. The van der Waals surface area contributed by atoms with Crippen molar-refractivity contribution in [3.8, 4) is 0 Å². The van der Waals surface area contributed by atoms with E-state index in [-0.39, 0.29) is 17.2 Å². The molecule has 25 heavy (non-hydrogen) atoms. The Hall–Kier alpha value is -2.62. The summed E-state index contributed by atoms with van der Waals surface area (Å²) in [5, 5.41) is 0. The predicted molar refractivity (Wildman–Crippen MR) is 97.5 cm³/mol. The molecule has 128 valence electrons. The van der Waals surface area contributed by atoms with Gasteiger partial charge >= 0.3 is 0 Å². The molecule has 2 saturated heterocycles. The van der Waals surface area contributed by atoms with Gasteiger partial charge in [-0.3, -0.25) is 9.59 Å². The lowest BCUT2D eigenvalue weighted by Gasteiger charge is -2.52. The Morgan fingerprint density at radius 3 is 2.36 bits per heavy atom. The van der Waals surface area contributed by atoms with Crippen molar-refractivity contribution in [1.29, 1.82) is 0 Å². The highest BCUT2D eigenvalue weighted by molar-refractivity contribution is 6.04. The van der Waals surface area contributed by atoms with Crippen LogP contribution in [-0.4, -0.2) is 36.3 Å². The van der Waals surface area contributed by atoms with E-state index in [0.717, 1.165) is 36.2 Å². The summed E-state index contributed by atoms with van der Waals surface area (Å²) < 4.78 is 0. The van der Waals surface area contributed by atoms with E-state index in [1.165, 1.54) is 0 Å². The van der Waals surface area contributed by atoms with Gasteiger partial charge in [0.15, 0.2) is 0 Å². The molecule has 0 saturated carbocycles. The zero-order chi connectivity index (χ0) is 17.4. The van der Waals surface area contributed by atoms with Crippen LogP contribution in [0.15, 0.2) is 54.6 Å². The number of anilines is 1. The number of hydrogen-bond acceptors (Lipinski definition) is 2. The number of β-lactam (4-membered cyclic amide) rings is 1. The van der Waals surface area contributed by atoms with E-state index in [2.05, 4.69) is 0 Å². The number of rotatable bonds is 2.